The summed E-state index contributed by atoms with van der Waals surface area (Å²) in [7, 11) is 0. The highest BCUT2D eigenvalue weighted by molar-refractivity contribution is 5.79. The molecule has 7 atom stereocenters. The van der Waals surface area contributed by atoms with E-state index in [4.69, 9.17) is 5.11 Å². The standard InChI is InChI=1S/C21H34O.C3H8O.2H2/c1-14(22)17-9-10-18-16-8-7-15-6-4-5-12-20(15,2)19(16)11-13-21(17,18)3;1-3(2)4;;/h15-19H,4-13H2,1-3H3;3-4H,1-2H3;2*1H/t15-,16-,17+,18?,19?,20-,21+;;;/m0.../s1. The summed E-state index contributed by atoms with van der Waals surface area (Å²) in [6, 6.07) is 0. The van der Waals surface area contributed by atoms with Gasteiger partial charge in [0.05, 0.1) is 0 Å². The number of aliphatic hydroxyl groups is 1. The first-order valence-corrected chi connectivity index (χ1v) is 11.4. The van der Waals surface area contributed by atoms with E-state index < -0.39 is 0 Å². The van der Waals surface area contributed by atoms with Crippen LogP contribution in [0, 0.1) is 40.4 Å². The molecule has 0 spiro atoms. The summed E-state index contributed by atoms with van der Waals surface area (Å²) in [4.78, 5) is 12.2. The van der Waals surface area contributed by atoms with Crippen molar-refractivity contribution in [3.05, 3.63) is 0 Å². The molecule has 2 heteroatoms. The van der Waals surface area contributed by atoms with Crippen LogP contribution >= 0.6 is 0 Å². The first-order valence-electron chi connectivity index (χ1n) is 11.4. The maximum absolute atomic E-state index is 12.2. The Balaban J connectivity index is 0.000000601. The van der Waals surface area contributed by atoms with E-state index in [0.717, 1.165) is 23.7 Å². The second kappa shape index (κ2) is 7.57. The van der Waals surface area contributed by atoms with E-state index in [9.17, 15) is 4.79 Å². The quantitative estimate of drug-likeness (QED) is 0.575. The van der Waals surface area contributed by atoms with Crippen LogP contribution in [-0.4, -0.2) is 17.0 Å². The summed E-state index contributed by atoms with van der Waals surface area (Å²) >= 11 is 0. The van der Waals surface area contributed by atoms with E-state index in [-0.39, 0.29) is 8.96 Å². The first-order chi connectivity index (χ1) is 12.2. The minimum atomic E-state index is -0.167. The zero-order valence-corrected chi connectivity index (χ0v) is 17.9. The summed E-state index contributed by atoms with van der Waals surface area (Å²) in [6.07, 6.45) is 14.0. The predicted molar refractivity (Wildman–Crippen MR) is 112 cm³/mol. The van der Waals surface area contributed by atoms with Gasteiger partial charge in [-0.2, -0.15) is 0 Å². The van der Waals surface area contributed by atoms with Crippen molar-refractivity contribution < 1.29 is 12.8 Å². The lowest BCUT2D eigenvalue weighted by Gasteiger charge is -2.60. The Labute approximate surface area is 164 Å². The van der Waals surface area contributed by atoms with Crippen LogP contribution in [0.4, 0.5) is 0 Å². The summed E-state index contributed by atoms with van der Waals surface area (Å²) in [6.45, 7) is 10.4. The molecule has 0 aromatic rings. The highest BCUT2D eigenvalue weighted by atomic mass is 16.3. The van der Waals surface area contributed by atoms with Crippen molar-refractivity contribution in [2.75, 3.05) is 0 Å². The third-order valence-corrected chi connectivity index (χ3v) is 9.07. The molecular formula is C24H46O2. The highest BCUT2D eigenvalue weighted by Crippen LogP contribution is 2.67. The Morgan fingerprint density at radius 1 is 0.923 bits per heavy atom. The second-order valence-electron chi connectivity index (χ2n) is 10.8. The van der Waals surface area contributed by atoms with Crippen LogP contribution in [0.3, 0.4) is 0 Å². The zero-order valence-electron chi connectivity index (χ0n) is 17.9. The SMILES string of the molecule is CC(=O)[C@H]1CCC2[C@@H]3CC[C@@H]4CCCC[C@]4(C)C3CC[C@@]21C.CC(C)O.[HH].[HH]. The van der Waals surface area contributed by atoms with E-state index in [1.807, 2.05) is 6.92 Å². The number of rotatable bonds is 1. The Hall–Kier alpha value is -0.370. The summed E-state index contributed by atoms with van der Waals surface area (Å²) < 4.78 is 0. The van der Waals surface area contributed by atoms with Gasteiger partial charge in [-0.3, -0.25) is 4.79 Å². The number of aliphatic hydroxyl groups excluding tert-OH is 1. The lowest BCUT2D eigenvalue weighted by atomic mass is 9.45. The van der Waals surface area contributed by atoms with Crippen molar-refractivity contribution in [1.82, 2.24) is 0 Å². The molecule has 0 amide bonds. The van der Waals surface area contributed by atoms with E-state index in [1.165, 1.54) is 64.2 Å². The molecule has 1 N–H and O–H groups in total. The fourth-order valence-corrected chi connectivity index (χ4v) is 7.96. The van der Waals surface area contributed by atoms with Gasteiger partial charge in [0.1, 0.15) is 5.78 Å². The van der Waals surface area contributed by atoms with Gasteiger partial charge in [-0.05, 0) is 107 Å². The maximum Gasteiger partial charge on any atom is 0.133 e. The number of fused-ring (bicyclic) bond motifs is 5. The van der Waals surface area contributed by atoms with Gasteiger partial charge in [0.15, 0.2) is 0 Å². The molecular weight excluding hydrogens is 320 g/mol. The Bertz CT molecular complexity index is 520. The number of hydrogen-bond acceptors (Lipinski definition) is 2. The number of carbonyl (C=O) groups excluding carboxylic acids is 1. The minimum absolute atomic E-state index is 0. The normalized spacial score (nSPS) is 47.3. The molecule has 0 aromatic carbocycles. The van der Waals surface area contributed by atoms with Gasteiger partial charge in [0.2, 0.25) is 0 Å². The highest BCUT2D eigenvalue weighted by Gasteiger charge is 2.60. The average molecular weight is 367 g/mol. The molecule has 0 aromatic heterocycles. The third-order valence-electron chi connectivity index (χ3n) is 9.07. The lowest BCUT2D eigenvalue weighted by Crippen LogP contribution is -2.53. The summed E-state index contributed by atoms with van der Waals surface area (Å²) in [5, 5.41) is 8.06. The summed E-state index contributed by atoms with van der Waals surface area (Å²) in [5.41, 5.74) is 0.974. The zero-order chi connectivity index (χ0) is 19.1. The molecule has 0 heterocycles. The largest absolute Gasteiger partial charge is 0.394 e. The van der Waals surface area contributed by atoms with Crippen LogP contribution in [0.2, 0.25) is 0 Å². The number of carbonyl (C=O) groups is 1. The van der Waals surface area contributed by atoms with E-state index in [0.29, 0.717) is 22.5 Å². The molecule has 2 nitrogen and oxygen atoms in total. The molecule has 0 radical (unpaired) electrons. The predicted octanol–water partition coefficient (Wildman–Crippen LogP) is 6.50. The molecule has 154 valence electrons. The van der Waals surface area contributed by atoms with Crippen LogP contribution in [0.25, 0.3) is 0 Å². The van der Waals surface area contributed by atoms with Gasteiger partial charge in [-0.1, -0.05) is 26.7 Å². The molecule has 4 rings (SSSR count). The van der Waals surface area contributed by atoms with Crippen molar-refractivity contribution in [3.63, 3.8) is 0 Å². The van der Waals surface area contributed by atoms with Crippen molar-refractivity contribution in [3.8, 4) is 0 Å². The number of Topliss-reactive ketones (excluding diaryl/α,β-unsaturated/α-hetero) is 1. The van der Waals surface area contributed by atoms with Gasteiger partial charge in [-0.15, -0.1) is 0 Å². The van der Waals surface area contributed by atoms with Crippen molar-refractivity contribution >= 4 is 5.78 Å². The average Bonchev–Trinajstić information content (AvgIpc) is 2.91. The Kier molecular flexibility index (Phi) is 5.93. The summed E-state index contributed by atoms with van der Waals surface area (Å²) in [5.74, 6) is 4.60. The topological polar surface area (TPSA) is 37.3 Å². The monoisotopic (exact) mass is 366 g/mol. The van der Waals surface area contributed by atoms with Crippen LogP contribution in [0.15, 0.2) is 0 Å². The van der Waals surface area contributed by atoms with Gasteiger partial charge >= 0.3 is 0 Å². The Morgan fingerprint density at radius 2 is 1.58 bits per heavy atom. The fourth-order valence-electron chi connectivity index (χ4n) is 7.96. The molecule has 4 aliphatic rings. The van der Waals surface area contributed by atoms with Crippen LogP contribution in [0.1, 0.15) is 102 Å². The molecule has 2 unspecified atom stereocenters. The van der Waals surface area contributed by atoms with Gasteiger partial charge < -0.3 is 5.11 Å². The van der Waals surface area contributed by atoms with Crippen molar-refractivity contribution in [2.45, 2.75) is 105 Å². The number of ketones is 1. The first kappa shape index (κ1) is 20.4. The van der Waals surface area contributed by atoms with Crippen LogP contribution < -0.4 is 0 Å². The lowest BCUT2D eigenvalue weighted by molar-refractivity contribution is -0.133. The van der Waals surface area contributed by atoms with E-state index >= 15 is 0 Å². The fraction of sp³-hybridized carbons (Fsp3) is 0.958. The third kappa shape index (κ3) is 3.40. The second-order valence-corrected chi connectivity index (χ2v) is 10.8. The Morgan fingerprint density at radius 3 is 2.23 bits per heavy atom. The molecule has 0 bridgehead atoms. The van der Waals surface area contributed by atoms with Gasteiger partial charge in [-0.25, -0.2) is 0 Å². The van der Waals surface area contributed by atoms with Gasteiger partial charge in [0.25, 0.3) is 0 Å². The number of hydrogen-bond donors (Lipinski definition) is 1. The van der Waals surface area contributed by atoms with Gasteiger partial charge in [0, 0.05) is 14.9 Å². The van der Waals surface area contributed by atoms with E-state index in [2.05, 4.69) is 13.8 Å². The van der Waals surface area contributed by atoms with E-state index in [1.54, 1.807) is 13.8 Å². The molecule has 0 aliphatic heterocycles. The van der Waals surface area contributed by atoms with Crippen molar-refractivity contribution in [2.24, 2.45) is 40.4 Å². The minimum Gasteiger partial charge on any atom is -0.394 e. The molecule has 4 aliphatic carbocycles. The van der Waals surface area contributed by atoms with Crippen molar-refractivity contribution in [1.29, 1.82) is 0 Å². The molecule has 4 fully saturated rings. The maximum atomic E-state index is 12.2. The molecule has 26 heavy (non-hydrogen) atoms. The molecule has 4 saturated carbocycles. The van der Waals surface area contributed by atoms with Crippen LogP contribution in [-0.2, 0) is 4.79 Å². The van der Waals surface area contributed by atoms with Crippen LogP contribution in [0.5, 0.6) is 0 Å². The smallest absolute Gasteiger partial charge is 0.133 e. The molecule has 0 saturated heterocycles.